The SMILES string of the molecule is CC(C)OC(=O)C(=O)C=[N+]=[N-]. The van der Waals surface area contributed by atoms with Gasteiger partial charge in [-0.2, -0.15) is 4.79 Å². The lowest BCUT2D eigenvalue weighted by atomic mass is 10.4. The molecule has 0 heterocycles. The van der Waals surface area contributed by atoms with Crippen LogP contribution >= 0.6 is 0 Å². The lowest BCUT2D eigenvalue weighted by molar-refractivity contribution is -0.154. The summed E-state index contributed by atoms with van der Waals surface area (Å²) in [5.41, 5.74) is 7.86. The molecule has 0 unspecified atom stereocenters. The van der Waals surface area contributed by atoms with Gasteiger partial charge in [0.2, 0.25) is 0 Å². The molecule has 0 saturated heterocycles. The molecule has 5 nitrogen and oxygen atoms in total. The Morgan fingerprint density at radius 2 is 2.09 bits per heavy atom. The highest BCUT2D eigenvalue weighted by atomic mass is 16.5. The third kappa shape index (κ3) is 4.00. The standard InChI is InChI=1S/C6H8N2O3/c1-4(2)11-6(10)5(9)3-8-7/h3-4H,1-2H3. The van der Waals surface area contributed by atoms with E-state index in [4.69, 9.17) is 5.53 Å². The molecule has 0 N–H and O–H groups in total. The van der Waals surface area contributed by atoms with Gasteiger partial charge < -0.3 is 10.3 Å². The first kappa shape index (κ1) is 9.52. The molecule has 0 aliphatic carbocycles. The number of carbonyl (C=O) groups is 2. The summed E-state index contributed by atoms with van der Waals surface area (Å²) in [6.07, 6.45) is 0.142. The second-order valence-electron chi connectivity index (χ2n) is 2.06. The van der Waals surface area contributed by atoms with E-state index in [0.29, 0.717) is 6.21 Å². The van der Waals surface area contributed by atoms with Crippen molar-refractivity contribution in [2.24, 2.45) is 0 Å². The topological polar surface area (TPSA) is 79.8 Å². The van der Waals surface area contributed by atoms with E-state index in [1.807, 2.05) is 0 Å². The van der Waals surface area contributed by atoms with Crippen LogP contribution in [0.4, 0.5) is 0 Å². The minimum atomic E-state index is -1.02. The molecule has 0 aliphatic heterocycles. The Labute approximate surface area is 63.6 Å². The molecule has 0 radical (unpaired) electrons. The zero-order valence-electron chi connectivity index (χ0n) is 6.27. The summed E-state index contributed by atoms with van der Waals surface area (Å²) in [7, 11) is 0. The van der Waals surface area contributed by atoms with Gasteiger partial charge in [0, 0.05) is 0 Å². The van der Waals surface area contributed by atoms with Crippen LogP contribution in [0, 0.1) is 0 Å². The van der Waals surface area contributed by atoms with Crippen LogP contribution in [-0.4, -0.2) is 28.9 Å². The van der Waals surface area contributed by atoms with E-state index in [-0.39, 0.29) is 6.10 Å². The van der Waals surface area contributed by atoms with Crippen LogP contribution in [0.1, 0.15) is 13.8 Å². The number of rotatable bonds is 3. The summed E-state index contributed by atoms with van der Waals surface area (Å²) in [5.74, 6) is -1.99. The van der Waals surface area contributed by atoms with Gasteiger partial charge in [-0.3, -0.25) is 4.79 Å². The van der Waals surface area contributed by atoms with Crippen molar-refractivity contribution in [2.75, 3.05) is 0 Å². The average molecular weight is 156 g/mol. The van der Waals surface area contributed by atoms with Crippen LogP contribution in [0.15, 0.2) is 0 Å². The van der Waals surface area contributed by atoms with Gasteiger partial charge in [0.1, 0.15) is 0 Å². The molecule has 0 bridgehead atoms. The van der Waals surface area contributed by atoms with Crippen molar-refractivity contribution in [3.05, 3.63) is 5.53 Å². The van der Waals surface area contributed by atoms with Gasteiger partial charge in [-0.25, -0.2) is 4.79 Å². The molecule has 60 valence electrons. The van der Waals surface area contributed by atoms with Crippen LogP contribution in [0.3, 0.4) is 0 Å². The Morgan fingerprint density at radius 1 is 1.55 bits per heavy atom. The maximum atomic E-state index is 10.6. The van der Waals surface area contributed by atoms with Crippen molar-refractivity contribution < 1.29 is 19.1 Å². The fourth-order valence-corrected chi connectivity index (χ4v) is 0.377. The Morgan fingerprint density at radius 3 is 2.45 bits per heavy atom. The second kappa shape index (κ2) is 4.35. The van der Waals surface area contributed by atoms with Gasteiger partial charge in [-0.1, -0.05) is 0 Å². The molecule has 0 aliphatic rings. The van der Waals surface area contributed by atoms with Gasteiger partial charge in [0.25, 0.3) is 0 Å². The third-order valence-electron chi connectivity index (χ3n) is 0.719. The van der Waals surface area contributed by atoms with E-state index in [9.17, 15) is 9.59 Å². The molecule has 0 amide bonds. The van der Waals surface area contributed by atoms with Gasteiger partial charge in [-0.15, -0.1) is 0 Å². The molecule has 0 spiro atoms. The second-order valence-corrected chi connectivity index (χ2v) is 2.06. The Balaban J connectivity index is 4.04. The molecule has 0 aromatic rings. The van der Waals surface area contributed by atoms with E-state index in [0.717, 1.165) is 0 Å². The molecule has 0 aromatic carbocycles. The molecule has 5 heteroatoms. The zero-order valence-corrected chi connectivity index (χ0v) is 6.27. The fourth-order valence-electron chi connectivity index (χ4n) is 0.377. The van der Waals surface area contributed by atoms with Crippen molar-refractivity contribution in [3.63, 3.8) is 0 Å². The van der Waals surface area contributed by atoms with Crippen molar-refractivity contribution in [2.45, 2.75) is 20.0 Å². The van der Waals surface area contributed by atoms with E-state index >= 15 is 0 Å². The molecule has 11 heavy (non-hydrogen) atoms. The minimum absolute atomic E-state index is 0.349. The first-order valence-electron chi connectivity index (χ1n) is 3.00. The Hall–Kier alpha value is -1.48. The Bertz CT molecular complexity index is 216. The van der Waals surface area contributed by atoms with Crippen LogP contribution in [0.5, 0.6) is 0 Å². The number of esters is 1. The maximum absolute atomic E-state index is 10.6. The smallest absolute Gasteiger partial charge is 0.387 e. The minimum Gasteiger partial charge on any atom is -0.457 e. The highest BCUT2D eigenvalue weighted by Gasteiger charge is 2.17. The van der Waals surface area contributed by atoms with Crippen molar-refractivity contribution in [1.29, 1.82) is 0 Å². The number of ketones is 1. The molecule has 0 rings (SSSR count). The molecule has 0 atom stereocenters. The number of hydrogen-bond donors (Lipinski definition) is 0. The monoisotopic (exact) mass is 156 g/mol. The van der Waals surface area contributed by atoms with Crippen molar-refractivity contribution in [3.8, 4) is 0 Å². The summed E-state index contributed by atoms with van der Waals surface area (Å²) < 4.78 is 4.47. The van der Waals surface area contributed by atoms with Gasteiger partial charge >= 0.3 is 18.0 Å². The number of hydrogen-bond acceptors (Lipinski definition) is 3. The van der Waals surface area contributed by atoms with E-state index in [1.165, 1.54) is 0 Å². The maximum Gasteiger partial charge on any atom is 0.387 e. The summed E-state index contributed by atoms with van der Waals surface area (Å²) in [5, 5.41) is 0. The van der Waals surface area contributed by atoms with E-state index < -0.39 is 11.8 Å². The first-order chi connectivity index (χ1) is 5.07. The van der Waals surface area contributed by atoms with Gasteiger partial charge in [0.15, 0.2) is 0 Å². The quantitative estimate of drug-likeness (QED) is 0.187. The number of Topliss-reactive ketones (excluding diaryl/α,β-unsaturated/α-hetero) is 1. The van der Waals surface area contributed by atoms with Crippen LogP contribution < -0.4 is 0 Å². The van der Waals surface area contributed by atoms with Crippen LogP contribution in [0.2, 0.25) is 0 Å². The molecular formula is C6H8N2O3. The number of carbonyl (C=O) groups excluding carboxylic acids is 2. The lowest BCUT2D eigenvalue weighted by Crippen LogP contribution is -2.22. The summed E-state index contributed by atoms with van der Waals surface area (Å²) in [6, 6.07) is 0. The van der Waals surface area contributed by atoms with Crippen molar-refractivity contribution >= 4 is 18.0 Å². The molecular weight excluding hydrogens is 148 g/mol. The number of nitrogens with zero attached hydrogens (tertiary/aromatic N) is 2. The molecule has 0 saturated carbocycles. The van der Waals surface area contributed by atoms with Gasteiger partial charge in [-0.05, 0) is 13.8 Å². The van der Waals surface area contributed by atoms with Crippen LogP contribution in [0.25, 0.3) is 5.53 Å². The van der Waals surface area contributed by atoms with Gasteiger partial charge in [0.05, 0.1) is 6.10 Å². The zero-order chi connectivity index (χ0) is 8.85. The van der Waals surface area contributed by atoms with E-state index in [1.54, 1.807) is 13.8 Å². The predicted octanol–water partition coefficient (Wildman–Crippen LogP) is -0.192. The van der Waals surface area contributed by atoms with E-state index in [2.05, 4.69) is 9.53 Å². The highest BCUT2D eigenvalue weighted by molar-refractivity contribution is 6.55. The predicted molar refractivity (Wildman–Crippen MR) is 35.9 cm³/mol. The van der Waals surface area contributed by atoms with Crippen molar-refractivity contribution in [1.82, 2.24) is 0 Å². The number of ether oxygens (including phenoxy) is 1. The lowest BCUT2D eigenvalue weighted by Gasteiger charge is -2.02. The first-order valence-corrected chi connectivity index (χ1v) is 3.00. The molecule has 0 aromatic heterocycles. The summed E-state index contributed by atoms with van der Waals surface area (Å²) in [4.78, 5) is 23.5. The Kier molecular flexibility index (Phi) is 3.77. The summed E-state index contributed by atoms with van der Waals surface area (Å²) >= 11 is 0. The normalized spacial score (nSPS) is 8.64. The largest absolute Gasteiger partial charge is 0.457 e. The van der Waals surface area contributed by atoms with Crippen LogP contribution in [-0.2, 0) is 14.3 Å². The summed E-state index contributed by atoms with van der Waals surface area (Å²) in [6.45, 7) is 3.22. The highest BCUT2D eigenvalue weighted by Crippen LogP contribution is 1.88. The average Bonchev–Trinajstić information content (AvgIpc) is 1.86. The fraction of sp³-hybridized carbons (Fsp3) is 0.500. The molecule has 0 fully saturated rings. The third-order valence-corrected chi connectivity index (χ3v) is 0.719.